The maximum atomic E-state index is 5.84. The van der Waals surface area contributed by atoms with E-state index in [1.165, 1.54) is 11.1 Å². The minimum atomic E-state index is -0.116. The molecule has 1 aliphatic rings. The van der Waals surface area contributed by atoms with Crippen LogP contribution in [0.2, 0.25) is 0 Å². The van der Waals surface area contributed by atoms with Gasteiger partial charge in [0.25, 0.3) is 0 Å². The number of hydrogen-bond donors (Lipinski definition) is 2. The molecule has 0 saturated carbocycles. The summed E-state index contributed by atoms with van der Waals surface area (Å²) in [5.41, 5.74) is 2.31. The first-order chi connectivity index (χ1) is 11.0. The number of rotatable bonds is 5. The standard InChI is InChI=1S/C19H29N3O.HI/c1-19(2,3)23-14-16-9-7-8-15(12-16)13-21-18(20-4)22-17-10-5-6-11-17;/h5-9,12,17H,10-11,13-14H2,1-4H3,(H2,20,21,22);1H. The Bertz CT molecular complexity index is 556. The number of ether oxygens (including phenoxy) is 1. The van der Waals surface area contributed by atoms with Crippen molar-refractivity contribution < 1.29 is 4.74 Å². The van der Waals surface area contributed by atoms with Gasteiger partial charge in [0, 0.05) is 19.6 Å². The van der Waals surface area contributed by atoms with E-state index in [1.807, 2.05) is 7.05 Å². The topological polar surface area (TPSA) is 45.7 Å². The number of nitrogens with one attached hydrogen (secondary N) is 2. The molecule has 1 aromatic rings. The van der Waals surface area contributed by atoms with Gasteiger partial charge in [0.15, 0.2) is 5.96 Å². The SMILES string of the molecule is CN=C(NCc1cccc(COC(C)(C)C)c1)NC1CC=CC1.I. The second kappa shape index (κ2) is 10.0. The second-order valence-corrected chi connectivity index (χ2v) is 6.93. The molecule has 0 atom stereocenters. The Hall–Kier alpha value is -1.08. The summed E-state index contributed by atoms with van der Waals surface area (Å²) in [5, 5.41) is 6.83. The monoisotopic (exact) mass is 443 g/mol. The smallest absolute Gasteiger partial charge is 0.191 e. The molecule has 1 aliphatic carbocycles. The molecule has 0 aromatic heterocycles. The number of benzene rings is 1. The number of halogens is 1. The molecule has 2 N–H and O–H groups in total. The van der Waals surface area contributed by atoms with Gasteiger partial charge >= 0.3 is 0 Å². The summed E-state index contributed by atoms with van der Waals surface area (Å²) < 4.78 is 5.84. The van der Waals surface area contributed by atoms with Crippen molar-refractivity contribution in [1.29, 1.82) is 0 Å². The third-order valence-corrected chi connectivity index (χ3v) is 3.70. The van der Waals surface area contributed by atoms with Crippen LogP contribution in [0.4, 0.5) is 0 Å². The van der Waals surface area contributed by atoms with Gasteiger partial charge in [-0.1, -0.05) is 36.4 Å². The van der Waals surface area contributed by atoms with Crippen molar-refractivity contribution in [3.8, 4) is 0 Å². The number of guanidine groups is 1. The number of nitrogens with zero attached hydrogens (tertiary/aromatic N) is 1. The van der Waals surface area contributed by atoms with Gasteiger partial charge in [-0.2, -0.15) is 0 Å². The number of hydrogen-bond acceptors (Lipinski definition) is 2. The lowest BCUT2D eigenvalue weighted by atomic mass is 10.1. The van der Waals surface area contributed by atoms with Crippen LogP contribution in [0.3, 0.4) is 0 Å². The predicted molar refractivity (Wildman–Crippen MR) is 112 cm³/mol. The van der Waals surface area contributed by atoms with Crippen molar-refractivity contribution in [1.82, 2.24) is 10.6 Å². The highest BCUT2D eigenvalue weighted by atomic mass is 127. The molecule has 134 valence electrons. The van der Waals surface area contributed by atoms with E-state index in [9.17, 15) is 0 Å². The van der Waals surface area contributed by atoms with Crippen molar-refractivity contribution in [3.05, 3.63) is 47.5 Å². The van der Waals surface area contributed by atoms with Gasteiger partial charge in [-0.15, -0.1) is 24.0 Å². The molecule has 2 rings (SSSR count). The van der Waals surface area contributed by atoms with Crippen molar-refractivity contribution >= 4 is 29.9 Å². The predicted octanol–water partition coefficient (Wildman–Crippen LogP) is 4.00. The van der Waals surface area contributed by atoms with E-state index in [2.05, 4.69) is 72.8 Å². The summed E-state index contributed by atoms with van der Waals surface area (Å²) in [6.07, 6.45) is 6.56. The molecule has 0 radical (unpaired) electrons. The zero-order valence-electron chi connectivity index (χ0n) is 15.1. The van der Waals surface area contributed by atoms with E-state index < -0.39 is 0 Å². The van der Waals surface area contributed by atoms with Crippen molar-refractivity contribution in [2.45, 2.75) is 58.4 Å². The van der Waals surface area contributed by atoms with Gasteiger partial charge in [0.05, 0.1) is 12.2 Å². The summed E-state index contributed by atoms with van der Waals surface area (Å²) in [5.74, 6) is 0.857. The molecule has 24 heavy (non-hydrogen) atoms. The van der Waals surface area contributed by atoms with Crippen LogP contribution in [0.1, 0.15) is 44.7 Å². The summed E-state index contributed by atoms with van der Waals surface area (Å²) in [6.45, 7) is 7.62. The lowest BCUT2D eigenvalue weighted by Crippen LogP contribution is -2.42. The fourth-order valence-corrected chi connectivity index (χ4v) is 2.44. The van der Waals surface area contributed by atoms with Gasteiger partial charge in [-0.3, -0.25) is 4.99 Å². The van der Waals surface area contributed by atoms with Crippen LogP contribution in [0.15, 0.2) is 41.4 Å². The van der Waals surface area contributed by atoms with Gasteiger partial charge in [0.2, 0.25) is 0 Å². The Morgan fingerprint density at radius 3 is 2.50 bits per heavy atom. The molecule has 0 saturated heterocycles. The van der Waals surface area contributed by atoms with E-state index in [0.717, 1.165) is 25.3 Å². The Morgan fingerprint density at radius 2 is 1.88 bits per heavy atom. The van der Waals surface area contributed by atoms with Gasteiger partial charge < -0.3 is 15.4 Å². The van der Waals surface area contributed by atoms with Crippen molar-refractivity contribution in [3.63, 3.8) is 0 Å². The molecule has 1 aromatic carbocycles. The summed E-state index contributed by atoms with van der Waals surface area (Å²) in [7, 11) is 1.81. The van der Waals surface area contributed by atoms with Crippen LogP contribution in [0, 0.1) is 0 Å². The van der Waals surface area contributed by atoms with Crippen LogP contribution in [0.5, 0.6) is 0 Å². The Labute approximate surface area is 163 Å². The fraction of sp³-hybridized carbons (Fsp3) is 0.526. The zero-order valence-corrected chi connectivity index (χ0v) is 17.5. The molecule has 0 aliphatic heterocycles. The van der Waals surface area contributed by atoms with E-state index in [-0.39, 0.29) is 29.6 Å². The van der Waals surface area contributed by atoms with Crippen LogP contribution < -0.4 is 10.6 Å². The Kier molecular flexibility index (Phi) is 8.76. The van der Waals surface area contributed by atoms with Crippen molar-refractivity contribution in [2.75, 3.05) is 7.05 Å². The average molecular weight is 443 g/mol. The van der Waals surface area contributed by atoms with Crippen LogP contribution in [-0.4, -0.2) is 24.7 Å². The largest absolute Gasteiger partial charge is 0.371 e. The maximum Gasteiger partial charge on any atom is 0.191 e. The average Bonchev–Trinajstić information content (AvgIpc) is 3.02. The van der Waals surface area contributed by atoms with Crippen molar-refractivity contribution in [2.24, 2.45) is 4.99 Å². The first kappa shape index (κ1) is 21.0. The highest BCUT2D eigenvalue weighted by molar-refractivity contribution is 14.0. The van der Waals surface area contributed by atoms with Gasteiger partial charge in [0.1, 0.15) is 0 Å². The molecule has 4 nitrogen and oxygen atoms in total. The Balaban J connectivity index is 0.00000288. The normalized spacial score (nSPS) is 15.2. The zero-order chi connectivity index (χ0) is 16.7. The number of aliphatic imine (C=N–C) groups is 1. The minimum Gasteiger partial charge on any atom is -0.371 e. The summed E-state index contributed by atoms with van der Waals surface area (Å²) in [6, 6.07) is 8.95. The summed E-state index contributed by atoms with van der Waals surface area (Å²) in [4.78, 5) is 4.30. The lowest BCUT2D eigenvalue weighted by molar-refractivity contribution is -0.0149. The van der Waals surface area contributed by atoms with E-state index >= 15 is 0 Å². The molecule has 5 heteroatoms. The molecular weight excluding hydrogens is 413 g/mol. The highest BCUT2D eigenvalue weighted by Gasteiger charge is 2.12. The fourth-order valence-electron chi connectivity index (χ4n) is 2.44. The lowest BCUT2D eigenvalue weighted by Gasteiger charge is -2.20. The van der Waals surface area contributed by atoms with Crippen LogP contribution in [-0.2, 0) is 17.9 Å². The molecule has 0 fully saturated rings. The quantitative estimate of drug-likeness (QED) is 0.313. The molecule has 0 amide bonds. The minimum absolute atomic E-state index is 0. The maximum absolute atomic E-state index is 5.84. The second-order valence-electron chi connectivity index (χ2n) is 6.93. The van der Waals surface area contributed by atoms with E-state index in [0.29, 0.717) is 12.6 Å². The van der Waals surface area contributed by atoms with Gasteiger partial charge in [-0.25, -0.2) is 0 Å². The molecule has 0 spiro atoms. The third kappa shape index (κ3) is 7.66. The molecule has 0 heterocycles. The van der Waals surface area contributed by atoms with Gasteiger partial charge in [-0.05, 0) is 44.7 Å². The molecule has 0 unspecified atom stereocenters. The van der Waals surface area contributed by atoms with Crippen LogP contribution >= 0.6 is 24.0 Å². The van der Waals surface area contributed by atoms with Crippen LogP contribution in [0.25, 0.3) is 0 Å². The van der Waals surface area contributed by atoms with E-state index in [1.54, 1.807) is 0 Å². The summed E-state index contributed by atoms with van der Waals surface area (Å²) >= 11 is 0. The highest BCUT2D eigenvalue weighted by Crippen LogP contribution is 2.13. The Morgan fingerprint density at radius 1 is 1.21 bits per heavy atom. The first-order valence-corrected chi connectivity index (χ1v) is 8.30. The molecular formula is C19H30IN3O. The van der Waals surface area contributed by atoms with E-state index in [4.69, 9.17) is 4.74 Å². The third-order valence-electron chi connectivity index (χ3n) is 3.70. The molecule has 0 bridgehead atoms. The first-order valence-electron chi connectivity index (χ1n) is 8.30.